The molecule has 0 spiro atoms. The molecular formula is C26H41ClN4O5. The number of piperidine rings is 1. The molecule has 2 fully saturated rings. The number of likely N-dealkylation sites (N-methyl/N-ethyl adjacent to an activating group) is 1. The van der Waals surface area contributed by atoms with Gasteiger partial charge in [-0.1, -0.05) is 23.7 Å². The number of methoxy groups -OCH3 is 1. The summed E-state index contributed by atoms with van der Waals surface area (Å²) in [5, 5.41) is 9.76. The lowest BCUT2D eigenvalue weighted by Crippen LogP contribution is -2.50. The molecule has 0 aliphatic carbocycles. The Kier molecular flexibility index (Phi) is 12.1. The van der Waals surface area contributed by atoms with Crippen LogP contribution in [0.5, 0.6) is 0 Å². The molecule has 2 aliphatic rings. The number of hydrogen-bond acceptors (Lipinski definition) is 6. The summed E-state index contributed by atoms with van der Waals surface area (Å²) in [5.74, 6) is 0.650. The molecule has 9 nitrogen and oxygen atoms in total. The van der Waals surface area contributed by atoms with Crippen molar-refractivity contribution in [3.63, 3.8) is 0 Å². The SMILES string of the molecule is CN[C@@H](CNC(=O)N1CCCC([C@@H](OCCNC(=O)OC)c2cccc(Cl)c2)C1)CC1CCCOC1. The number of nitrogens with zero attached hydrogens (tertiary/aromatic N) is 1. The molecule has 2 aliphatic heterocycles. The van der Waals surface area contributed by atoms with Crippen molar-refractivity contribution in [1.29, 1.82) is 0 Å². The van der Waals surface area contributed by atoms with Crippen LogP contribution in [0.25, 0.3) is 0 Å². The van der Waals surface area contributed by atoms with Crippen LogP contribution in [0.2, 0.25) is 5.02 Å². The number of urea groups is 1. The smallest absolute Gasteiger partial charge is 0.406 e. The Bertz CT molecular complexity index is 823. The fraction of sp³-hybridized carbons (Fsp3) is 0.692. The van der Waals surface area contributed by atoms with E-state index in [4.69, 9.17) is 21.1 Å². The molecule has 36 heavy (non-hydrogen) atoms. The van der Waals surface area contributed by atoms with Gasteiger partial charge in [-0.25, -0.2) is 9.59 Å². The van der Waals surface area contributed by atoms with Gasteiger partial charge in [-0.2, -0.15) is 0 Å². The molecule has 2 saturated heterocycles. The minimum atomic E-state index is -0.491. The number of nitrogens with one attached hydrogen (secondary N) is 3. The maximum absolute atomic E-state index is 13.1. The number of ether oxygens (including phenoxy) is 3. The Hall–Kier alpha value is -2.07. The van der Waals surface area contributed by atoms with Crippen LogP contribution in [0.4, 0.5) is 9.59 Å². The number of hydrogen-bond donors (Lipinski definition) is 3. The molecule has 10 heteroatoms. The van der Waals surface area contributed by atoms with E-state index >= 15 is 0 Å². The van der Waals surface area contributed by atoms with Crippen molar-refractivity contribution in [1.82, 2.24) is 20.9 Å². The first-order chi connectivity index (χ1) is 17.5. The summed E-state index contributed by atoms with van der Waals surface area (Å²) in [7, 11) is 3.27. The summed E-state index contributed by atoms with van der Waals surface area (Å²) in [6.07, 6.45) is 4.38. The third-order valence-electron chi connectivity index (χ3n) is 6.99. The highest BCUT2D eigenvalue weighted by molar-refractivity contribution is 6.30. The minimum absolute atomic E-state index is 0.0444. The fourth-order valence-electron chi connectivity index (χ4n) is 5.06. The van der Waals surface area contributed by atoms with Gasteiger partial charge in [-0.15, -0.1) is 0 Å². The van der Waals surface area contributed by atoms with Crippen LogP contribution in [-0.2, 0) is 14.2 Å². The van der Waals surface area contributed by atoms with E-state index in [-0.39, 0.29) is 24.1 Å². The average molecular weight is 525 g/mol. The van der Waals surface area contributed by atoms with E-state index in [1.807, 2.05) is 36.2 Å². The van der Waals surface area contributed by atoms with E-state index in [0.29, 0.717) is 37.2 Å². The fourth-order valence-corrected chi connectivity index (χ4v) is 5.26. The maximum Gasteiger partial charge on any atom is 0.406 e. The first-order valence-electron chi connectivity index (χ1n) is 13.0. The third-order valence-corrected chi connectivity index (χ3v) is 7.22. The molecule has 4 atom stereocenters. The summed E-state index contributed by atoms with van der Waals surface area (Å²) >= 11 is 6.27. The molecule has 2 unspecified atom stereocenters. The molecule has 3 amide bonds. The Morgan fingerprint density at radius 3 is 2.83 bits per heavy atom. The minimum Gasteiger partial charge on any atom is -0.453 e. The molecule has 1 aromatic carbocycles. The Morgan fingerprint density at radius 2 is 2.11 bits per heavy atom. The summed E-state index contributed by atoms with van der Waals surface area (Å²) in [5.41, 5.74) is 0.970. The highest BCUT2D eigenvalue weighted by atomic mass is 35.5. The predicted molar refractivity (Wildman–Crippen MR) is 139 cm³/mol. The highest BCUT2D eigenvalue weighted by Gasteiger charge is 2.31. The Labute approximate surface area is 219 Å². The molecule has 0 radical (unpaired) electrons. The number of likely N-dealkylation sites (tertiary alicyclic amines) is 1. The van der Waals surface area contributed by atoms with Crippen molar-refractivity contribution >= 4 is 23.7 Å². The molecule has 1 aromatic rings. The number of benzene rings is 1. The largest absolute Gasteiger partial charge is 0.453 e. The number of rotatable bonds is 11. The van der Waals surface area contributed by atoms with E-state index in [1.165, 1.54) is 13.5 Å². The highest BCUT2D eigenvalue weighted by Crippen LogP contribution is 2.34. The second-order valence-electron chi connectivity index (χ2n) is 9.60. The summed E-state index contributed by atoms with van der Waals surface area (Å²) < 4.78 is 16.5. The molecule has 202 valence electrons. The van der Waals surface area contributed by atoms with Crippen LogP contribution in [-0.4, -0.2) is 83.2 Å². The maximum atomic E-state index is 13.1. The van der Waals surface area contributed by atoms with Crippen LogP contribution < -0.4 is 16.0 Å². The van der Waals surface area contributed by atoms with Gasteiger partial charge >= 0.3 is 12.1 Å². The molecule has 3 N–H and O–H groups in total. The third kappa shape index (κ3) is 9.10. The lowest BCUT2D eigenvalue weighted by molar-refractivity contribution is -0.00851. The molecular weight excluding hydrogens is 484 g/mol. The zero-order valence-corrected chi connectivity index (χ0v) is 22.2. The van der Waals surface area contributed by atoms with Crippen molar-refractivity contribution in [2.75, 3.05) is 60.2 Å². The molecule has 2 heterocycles. The van der Waals surface area contributed by atoms with Gasteiger partial charge in [0.15, 0.2) is 0 Å². The van der Waals surface area contributed by atoms with Gasteiger partial charge in [0.05, 0.1) is 19.8 Å². The average Bonchev–Trinajstić information content (AvgIpc) is 2.91. The van der Waals surface area contributed by atoms with Crippen LogP contribution in [0.15, 0.2) is 24.3 Å². The van der Waals surface area contributed by atoms with Gasteiger partial charge in [0, 0.05) is 56.4 Å². The Morgan fingerprint density at radius 1 is 1.25 bits per heavy atom. The van der Waals surface area contributed by atoms with Crippen LogP contribution in [0.3, 0.4) is 0 Å². The second kappa shape index (κ2) is 15.2. The topological polar surface area (TPSA) is 101 Å². The van der Waals surface area contributed by atoms with E-state index < -0.39 is 6.09 Å². The standard InChI is InChI=1S/C26H41ClN4O5/c1-28-23(14-19-6-5-12-35-18-19)16-30-25(32)31-11-4-8-21(17-31)24(20-7-3-9-22(27)15-20)36-13-10-29-26(33)34-2/h3,7,9,15,19,21,23-24,28H,4-6,8,10-14,16-18H2,1-2H3,(H,29,33)(H,30,32)/t19?,21?,23-,24+/m1/s1. The van der Waals surface area contributed by atoms with Gasteiger partial charge in [-0.3, -0.25) is 0 Å². The van der Waals surface area contributed by atoms with Crippen LogP contribution in [0.1, 0.15) is 43.8 Å². The summed E-state index contributed by atoms with van der Waals surface area (Å²) in [4.78, 5) is 26.3. The van der Waals surface area contributed by atoms with Crippen molar-refractivity contribution in [3.05, 3.63) is 34.9 Å². The van der Waals surface area contributed by atoms with Crippen molar-refractivity contribution in [2.45, 2.75) is 44.2 Å². The van der Waals surface area contributed by atoms with E-state index in [9.17, 15) is 9.59 Å². The van der Waals surface area contributed by atoms with Crippen molar-refractivity contribution < 1.29 is 23.8 Å². The number of halogens is 1. The number of carbonyl (C=O) groups excluding carboxylic acids is 2. The first kappa shape index (κ1) is 28.5. The normalized spacial score (nSPS) is 21.9. The van der Waals surface area contributed by atoms with Gasteiger partial charge < -0.3 is 35.1 Å². The molecule has 0 saturated carbocycles. The zero-order chi connectivity index (χ0) is 25.8. The van der Waals surface area contributed by atoms with Crippen molar-refractivity contribution in [3.8, 4) is 0 Å². The number of carbonyl (C=O) groups is 2. The monoisotopic (exact) mass is 524 g/mol. The summed E-state index contributed by atoms with van der Waals surface area (Å²) in [6.45, 7) is 4.21. The number of amides is 3. The lowest BCUT2D eigenvalue weighted by atomic mass is 9.88. The van der Waals surface area contributed by atoms with E-state index in [2.05, 4.69) is 20.7 Å². The predicted octanol–water partition coefficient (Wildman–Crippen LogP) is 3.58. The van der Waals surface area contributed by atoms with Gasteiger partial charge in [-0.05, 0) is 62.8 Å². The van der Waals surface area contributed by atoms with Gasteiger partial charge in [0.2, 0.25) is 0 Å². The van der Waals surface area contributed by atoms with Crippen LogP contribution >= 0.6 is 11.6 Å². The van der Waals surface area contributed by atoms with E-state index in [1.54, 1.807) is 0 Å². The summed E-state index contributed by atoms with van der Waals surface area (Å²) in [6, 6.07) is 7.81. The molecule has 0 aromatic heterocycles. The van der Waals surface area contributed by atoms with Crippen LogP contribution in [0, 0.1) is 11.8 Å². The first-order valence-corrected chi connectivity index (χ1v) is 13.3. The Balaban J connectivity index is 1.56. The molecule has 0 bridgehead atoms. The van der Waals surface area contributed by atoms with Crippen molar-refractivity contribution in [2.24, 2.45) is 11.8 Å². The van der Waals surface area contributed by atoms with E-state index in [0.717, 1.165) is 51.0 Å². The lowest BCUT2D eigenvalue weighted by Gasteiger charge is -2.37. The second-order valence-corrected chi connectivity index (χ2v) is 10.0. The van der Waals surface area contributed by atoms with Gasteiger partial charge in [0.25, 0.3) is 0 Å². The zero-order valence-electron chi connectivity index (χ0n) is 21.5. The molecule has 3 rings (SSSR count). The quantitative estimate of drug-likeness (QED) is 0.382. The number of alkyl carbamates (subject to hydrolysis) is 1. The van der Waals surface area contributed by atoms with Gasteiger partial charge in [0.1, 0.15) is 0 Å².